The first-order valence-corrected chi connectivity index (χ1v) is 7.47. The number of urea groups is 1. The van der Waals surface area contributed by atoms with E-state index in [1.165, 1.54) is 6.42 Å². The molecule has 0 aromatic carbocycles. The zero-order chi connectivity index (χ0) is 13.4. The van der Waals surface area contributed by atoms with Gasteiger partial charge in [0.15, 0.2) is 0 Å². The molecule has 0 unspecified atom stereocenters. The van der Waals surface area contributed by atoms with Gasteiger partial charge in [-0.15, -0.1) is 0 Å². The lowest BCUT2D eigenvalue weighted by Crippen LogP contribution is -2.42. The van der Waals surface area contributed by atoms with Crippen LogP contribution in [0.5, 0.6) is 0 Å². The van der Waals surface area contributed by atoms with Crippen LogP contribution in [0.25, 0.3) is 0 Å². The average Bonchev–Trinajstić information content (AvgIpc) is 2.77. The molecule has 1 N–H and O–H groups in total. The van der Waals surface area contributed by atoms with E-state index in [2.05, 4.69) is 0 Å². The highest BCUT2D eigenvalue weighted by Gasteiger charge is 2.42. The van der Waals surface area contributed by atoms with E-state index in [-0.39, 0.29) is 18.0 Å². The fourth-order valence-corrected chi connectivity index (χ4v) is 3.85. The molecular formula is C14H22N2O3. The van der Waals surface area contributed by atoms with E-state index < -0.39 is 5.97 Å². The van der Waals surface area contributed by atoms with E-state index in [4.69, 9.17) is 5.11 Å². The Morgan fingerprint density at radius 1 is 1.00 bits per heavy atom. The first-order valence-electron chi connectivity index (χ1n) is 7.47. The second kappa shape index (κ2) is 5.02. The van der Waals surface area contributed by atoms with Crippen molar-refractivity contribution in [2.45, 2.75) is 57.0 Å². The molecule has 0 spiro atoms. The Morgan fingerprint density at radius 2 is 1.74 bits per heavy atom. The molecule has 5 heteroatoms. The topological polar surface area (TPSA) is 60.9 Å². The zero-order valence-corrected chi connectivity index (χ0v) is 11.3. The molecule has 1 saturated carbocycles. The molecule has 106 valence electrons. The van der Waals surface area contributed by atoms with Crippen LogP contribution in [-0.4, -0.2) is 52.1 Å². The van der Waals surface area contributed by atoms with Crippen LogP contribution in [0, 0.1) is 5.92 Å². The summed E-state index contributed by atoms with van der Waals surface area (Å²) >= 11 is 0. The SMILES string of the molecule is O=C(O)C1CCC(N2C[C@@H]3CCCCN3C2=O)CC1. The summed E-state index contributed by atoms with van der Waals surface area (Å²) in [6.45, 7) is 1.77. The Morgan fingerprint density at radius 3 is 2.37 bits per heavy atom. The Labute approximate surface area is 113 Å². The molecule has 0 aromatic heterocycles. The molecule has 2 aliphatic heterocycles. The number of carboxylic acid groups (broad SMARTS) is 1. The predicted octanol–water partition coefficient (Wildman–Crippen LogP) is 1.92. The standard InChI is InChI=1S/C14H22N2O3/c17-13(18)10-4-6-11(7-5-10)16-9-12-3-1-2-8-15(12)14(16)19/h10-12H,1-9H2,(H,17,18)/t10?,11?,12-/m0/s1. The van der Waals surface area contributed by atoms with Gasteiger partial charge in [0, 0.05) is 19.1 Å². The second-order valence-corrected chi connectivity index (χ2v) is 6.12. The van der Waals surface area contributed by atoms with Gasteiger partial charge in [-0.3, -0.25) is 4.79 Å². The Kier molecular flexibility index (Phi) is 3.37. The number of carbonyl (C=O) groups is 2. The molecule has 0 aromatic rings. The maximum atomic E-state index is 12.4. The number of aliphatic carboxylic acids is 1. The lowest BCUT2D eigenvalue weighted by molar-refractivity contribution is -0.143. The minimum atomic E-state index is -0.677. The van der Waals surface area contributed by atoms with E-state index in [0.717, 1.165) is 38.8 Å². The number of carbonyl (C=O) groups excluding carboxylic acids is 1. The van der Waals surface area contributed by atoms with Crippen LogP contribution in [0.3, 0.4) is 0 Å². The van der Waals surface area contributed by atoms with E-state index in [1.54, 1.807) is 0 Å². The molecule has 19 heavy (non-hydrogen) atoms. The van der Waals surface area contributed by atoms with Crippen molar-refractivity contribution < 1.29 is 14.7 Å². The lowest BCUT2D eigenvalue weighted by atomic mass is 9.85. The normalized spacial score (nSPS) is 35.4. The summed E-state index contributed by atoms with van der Waals surface area (Å²) in [6.07, 6.45) is 6.62. The molecule has 0 bridgehead atoms. The van der Waals surface area contributed by atoms with Gasteiger partial charge in [0.1, 0.15) is 0 Å². The fraction of sp³-hybridized carbons (Fsp3) is 0.857. The highest BCUT2D eigenvalue weighted by atomic mass is 16.4. The van der Waals surface area contributed by atoms with Crippen molar-refractivity contribution in [2.75, 3.05) is 13.1 Å². The molecule has 5 nitrogen and oxygen atoms in total. The van der Waals surface area contributed by atoms with Crippen molar-refractivity contribution >= 4 is 12.0 Å². The quantitative estimate of drug-likeness (QED) is 0.830. The smallest absolute Gasteiger partial charge is 0.320 e. The van der Waals surface area contributed by atoms with Crippen molar-refractivity contribution in [1.29, 1.82) is 0 Å². The maximum absolute atomic E-state index is 12.4. The van der Waals surface area contributed by atoms with E-state index >= 15 is 0 Å². The molecule has 3 rings (SSSR count). The third-order valence-electron chi connectivity index (χ3n) is 5.01. The van der Waals surface area contributed by atoms with Crippen molar-refractivity contribution in [2.24, 2.45) is 5.92 Å². The maximum Gasteiger partial charge on any atom is 0.320 e. The monoisotopic (exact) mass is 266 g/mol. The lowest BCUT2D eigenvalue weighted by Gasteiger charge is -2.33. The van der Waals surface area contributed by atoms with Gasteiger partial charge in [0.25, 0.3) is 0 Å². The molecule has 3 aliphatic rings. The number of carboxylic acids is 1. The number of rotatable bonds is 2. The first-order chi connectivity index (χ1) is 9.16. The molecule has 2 saturated heterocycles. The molecular weight excluding hydrogens is 244 g/mol. The van der Waals surface area contributed by atoms with E-state index in [0.29, 0.717) is 18.9 Å². The minimum Gasteiger partial charge on any atom is -0.481 e. The van der Waals surface area contributed by atoms with Crippen molar-refractivity contribution in [3.05, 3.63) is 0 Å². The molecule has 0 radical (unpaired) electrons. The van der Waals surface area contributed by atoms with E-state index in [1.807, 2.05) is 9.80 Å². The van der Waals surface area contributed by atoms with Crippen LogP contribution < -0.4 is 0 Å². The Balaban J connectivity index is 1.61. The van der Waals surface area contributed by atoms with Crippen LogP contribution in [0.4, 0.5) is 4.79 Å². The minimum absolute atomic E-state index is 0.198. The van der Waals surface area contributed by atoms with Gasteiger partial charge in [-0.05, 0) is 44.9 Å². The molecule has 1 aliphatic carbocycles. The van der Waals surface area contributed by atoms with Crippen molar-refractivity contribution in [3.8, 4) is 0 Å². The summed E-state index contributed by atoms with van der Waals surface area (Å²) in [7, 11) is 0. The first kappa shape index (κ1) is 12.8. The van der Waals surface area contributed by atoms with Crippen LogP contribution in [-0.2, 0) is 4.79 Å². The molecule has 2 heterocycles. The van der Waals surface area contributed by atoms with Gasteiger partial charge in [0.2, 0.25) is 0 Å². The summed E-state index contributed by atoms with van der Waals surface area (Å²) < 4.78 is 0. The summed E-state index contributed by atoms with van der Waals surface area (Å²) in [5.41, 5.74) is 0. The van der Waals surface area contributed by atoms with Crippen LogP contribution in [0.2, 0.25) is 0 Å². The van der Waals surface area contributed by atoms with Crippen molar-refractivity contribution in [1.82, 2.24) is 9.80 Å². The largest absolute Gasteiger partial charge is 0.481 e. The molecule has 1 atom stereocenters. The summed E-state index contributed by atoms with van der Waals surface area (Å²) in [6, 6.07) is 0.885. The van der Waals surface area contributed by atoms with Gasteiger partial charge < -0.3 is 14.9 Å². The van der Waals surface area contributed by atoms with Gasteiger partial charge >= 0.3 is 12.0 Å². The predicted molar refractivity (Wildman–Crippen MR) is 69.8 cm³/mol. The van der Waals surface area contributed by atoms with Crippen molar-refractivity contribution in [3.63, 3.8) is 0 Å². The Hall–Kier alpha value is -1.26. The number of fused-ring (bicyclic) bond motifs is 1. The summed E-state index contributed by atoms with van der Waals surface area (Å²) in [4.78, 5) is 27.4. The van der Waals surface area contributed by atoms with Crippen LogP contribution in [0.1, 0.15) is 44.9 Å². The number of hydrogen-bond acceptors (Lipinski definition) is 2. The van der Waals surface area contributed by atoms with Gasteiger partial charge in [-0.2, -0.15) is 0 Å². The van der Waals surface area contributed by atoms with Gasteiger partial charge in [-0.1, -0.05) is 0 Å². The van der Waals surface area contributed by atoms with E-state index in [9.17, 15) is 9.59 Å². The molecule has 2 amide bonds. The number of hydrogen-bond donors (Lipinski definition) is 1. The number of piperidine rings is 1. The fourth-order valence-electron chi connectivity index (χ4n) is 3.85. The Bertz CT molecular complexity index is 377. The second-order valence-electron chi connectivity index (χ2n) is 6.12. The average molecular weight is 266 g/mol. The zero-order valence-electron chi connectivity index (χ0n) is 11.3. The summed E-state index contributed by atoms with van der Waals surface area (Å²) in [5.74, 6) is -0.875. The highest BCUT2D eigenvalue weighted by Crippen LogP contribution is 2.33. The highest BCUT2D eigenvalue weighted by molar-refractivity contribution is 5.78. The van der Waals surface area contributed by atoms with Gasteiger partial charge in [-0.25, -0.2) is 4.79 Å². The van der Waals surface area contributed by atoms with Crippen LogP contribution >= 0.6 is 0 Å². The van der Waals surface area contributed by atoms with Gasteiger partial charge in [0.05, 0.1) is 12.0 Å². The third kappa shape index (κ3) is 2.30. The third-order valence-corrected chi connectivity index (χ3v) is 5.01. The summed E-state index contributed by atoms with van der Waals surface area (Å²) in [5, 5.41) is 9.02. The number of amides is 2. The number of nitrogens with zero attached hydrogens (tertiary/aromatic N) is 2. The molecule has 3 fully saturated rings. The van der Waals surface area contributed by atoms with Crippen LogP contribution in [0.15, 0.2) is 0 Å².